The third-order valence-corrected chi connectivity index (χ3v) is 7.09. The number of anilines is 1. The van der Waals surface area contributed by atoms with Crippen LogP contribution in [0.2, 0.25) is 0 Å². The molecule has 1 aromatic carbocycles. The van der Waals surface area contributed by atoms with Gasteiger partial charge in [0.2, 0.25) is 0 Å². The molecule has 0 unspecified atom stereocenters. The molecule has 1 aliphatic heterocycles. The number of hydrogen-bond donors (Lipinski definition) is 0. The second-order valence-corrected chi connectivity index (χ2v) is 8.74. The average molecular weight is 390 g/mol. The summed E-state index contributed by atoms with van der Waals surface area (Å²) in [7, 11) is 0. The van der Waals surface area contributed by atoms with E-state index in [0.717, 1.165) is 48.9 Å². The van der Waals surface area contributed by atoms with E-state index in [1.54, 1.807) is 6.33 Å². The number of nitrogens with zero attached hydrogens (tertiary/aromatic N) is 5. The molecule has 0 atom stereocenters. The van der Waals surface area contributed by atoms with E-state index >= 15 is 0 Å². The molecule has 2 aliphatic rings. The maximum atomic E-state index is 8.95. The molecule has 0 N–H and O–H groups in total. The third-order valence-electron chi connectivity index (χ3n) is 5.89. The highest BCUT2D eigenvalue weighted by Gasteiger charge is 2.24. The van der Waals surface area contributed by atoms with Crippen molar-refractivity contribution in [1.82, 2.24) is 14.9 Å². The van der Waals surface area contributed by atoms with Crippen LogP contribution in [0.3, 0.4) is 0 Å². The summed E-state index contributed by atoms with van der Waals surface area (Å²) in [5, 5.41) is 10.3. The molecule has 1 saturated heterocycles. The number of nitriles is 1. The Kier molecular flexibility index (Phi) is 4.71. The monoisotopic (exact) mass is 389 g/mol. The number of aromatic nitrogens is 2. The van der Waals surface area contributed by atoms with Crippen LogP contribution in [0.1, 0.15) is 34.4 Å². The van der Waals surface area contributed by atoms with Crippen molar-refractivity contribution in [2.45, 2.75) is 32.2 Å². The van der Waals surface area contributed by atoms with Gasteiger partial charge in [0, 0.05) is 37.6 Å². The molecule has 5 rings (SSSR count). The van der Waals surface area contributed by atoms with E-state index in [-0.39, 0.29) is 0 Å². The number of rotatable bonds is 3. The number of fused-ring (bicyclic) bond motifs is 3. The minimum atomic E-state index is 0.723. The largest absolute Gasteiger partial charge is 0.353 e. The third kappa shape index (κ3) is 3.25. The van der Waals surface area contributed by atoms with Crippen molar-refractivity contribution in [3.05, 3.63) is 52.2 Å². The van der Waals surface area contributed by atoms with Gasteiger partial charge in [-0.2, -0.15) is 5.26 Å². The molecule has 1 aliphatic carbocycles. The van der Waals surface area contributed by atoms with Crippen LogP contribution in [0.5, 0.6) is 0 Å². The second-order valence-electron chi connectivity index (χ2n) is 7.66. The fourth-order valence-corrected chi connectivity index (χ4v) is 5.60. The van der Waals surface area contributed by atoms with Crippen LogP contribution in [0.25, 0.3) is 10.2 Å². The van der Waals surface area contributed by atoms with Crippen LogP contribution < -0.4 is 4.90 Å². The van der Waals surface area contributed by atoms with Gasteiger partial charge in [-0.3, -0.25) is 4.90 Å². The molecule has 0 radical (unpaired) electrons. The predicted octanol–water partition coefficient (Wildman–Crippen LogP) is 3.76. The van der Waals surface area contributed by atoms with Gasteiger partial charge in [0.05, 0.1) is 17.0 Å². The Morgan fingerprint density at radius 1 is 1.00 bits per heavy atom. The van der Waals surface area contributed by atoms with Crippen LogP contribution >= 0.6 is 11.3 Å². The average Bonchev–Trinajstić information content (AvgIpc) is 3.14. The summed E-state index contributed by atoms with van der Waals surface area (Å²) in [5.41, 5.74) is 3.51. The maximum absolute atomic E-state index is 8.95. The summed E-state index contributed by atoms with van der Waals surface area (Å²) in [6.07, 6.45) is 6.70. The number of aryl methyl sites for hydroxylation is 2. The molecule has 0 amide bonds. The Balaban J connectivity index is 1.31. The molecular weight excluding hydrogens is 366 g/mol. The van der Waals surface area contributed by atoms with E-state index in [1.165, 1.54) is 47.1 Å². The van der Waals surface area contributed by atoms with Gasteiger partial charge in [0.1, 0.15) is 17.0 Å². The first-order chi connectivity index (χ1) is 13.8. The fraction of sp³-hybridized carbons (Fsp3) is 0.409. The van der Waals surface area contributed by atoms with Gasteiger partial charge in [-0.15, -0.1) is 11.3 Å². The van der Waals surface area contributed by atoms with Crippen molar-refractivity contribution >= 4 is 27.4 Å². The van der Waals surface area contributed by atoms with Gasteiger partial charge in [-0.1, -0.05) is 12.1 Å². The zero-order valence-corrected chi connectivity index (χ0v) is 16.7. The van der Waals surface area contributed by atoms with Crippen molar-refractivity contribution in [2.75, 3.05) is 31.1 Å². The molecule has 2 aromatic heterocycles. The first-order valence-electron chi connectivity index (χ1n) is 10.0. The Morgan fingerprint density at radius 3 is 2.57 bits per heavy atom. The van der Waals surface area contributed by atoms with Gasteiger partial charge in [-0.25, -0.2) is 9.97 Å². The van der Waals surface area contributed by atoms with Gasteiger partial charge >= 0.3 is 0 Å². The minimum Gasteiger partial charge on any atom is -0.353 e. The minimum absolute atomic E-state index is 0.723. The van der Waals surface area contributed by atoms with Gasteiger partial charge in [-0.05, 0) is 48.9 Å². The van der Waals surface area contributed by atoms with Crippen molar-refractivity contribution < 1.29 is 0 Å². The van der Waals surface area contributed by atoms with Crippen molar-refractivity contribution in [1.29, 1.82) is 5.26 Å². The van der Waals surface area contributed by atoms with Crippen LogP contribution in [0.15, 0.2) is 30.6 Å². The number of benzene rings is 1. The highest BCUT2D eigenvalue weighted by Crippen LogP contribution is 2.39. The standard InChI is InChI=1S/C22H23N5S/c23-13-16-5-7-17(8-6-16)14-26-9-11-27(12-10-26)21-20-18-3-1-2-4-19(18)28-22(20)25-15-24-21/h5-8,15H,1-4,9-12,14H2. The Bertz CT molecular complexity index is 1030. The maximum Gasteiger partial charge on any atom is 0.141 e. The summed E-state index contributed by atoms with van der Waals surface area (Å²) in [5.74, 6) is 1.14. The van der Waals surface area contributed by atoms with Crippen LogP contribution in [-0.2, 0) is 19.4 Å². The first kappa shape index (κ1) is 17.6. The lowest BCUT2D eigenvalue weighted by molar-refractivity contribution is 0.249. The van der Waals surface area contributed by atoms with E-state index in [0.29, 0.717) is 0 Å². The van der Waals surface area contributed by atoms with E-state index in [4.69, 9.17) is 10.2 Å². The van der Waals surface area contributed by atoms with E-state index in [1.807, 2.05) is 23.5 Å². The summed E-state index contributed by atoms with van der Waals surface area (Å²) in [6, 6.07) is 10.1. The molecule has 0 spiro atoms. The van der Waals surface area contributed by atoms with Crippen LogP contribution in [0, 0.1) is 11.3 Å². The molecule has 142 valence electrons. The molecule has 3 aromatic rings. The number of piperazine rings is 1. The fourth-order valence-electron chi connectivity index (χ4n) is 4.37. The lowest BCUT2D eigenvalue weighted by Crippen LogP contribution is -2.46. The highest BCUT2D eigenvalue weighted by atomic mass is 32.1. The second kappa shape index (κ2) is 7.50. The van der Waals surface area contributed by atoms with Crippen LogP contribution in [-0.4, -0.2) is 41.0 Å². The summed E-state index contributed by atoms with van der Waals surface area (Å²) < 4.78 is 0. The Hall–Kier alpha value is -2.49. The van der Waals surface area contributed by atoms with Crippen molar-refractivity contribution in [3.63, 3.8) is 0 Å². The SMILES string of the molecule is N#Cc1ccc(CN2CCN(c3ncnc4sc5c(c34)CCCC5)CC2)cc1. The molecule has 0 saturated carbocycles. The highest BCUT2D eigenvalue weighted by molar-refractivity contribution is 7.19. The number of hydrogen-bond acceptors (Lipinski definition) is 6. The van der Waals surface area contributed by atoms with E-state index in [2.05, 4.69) is 33.0 Å². The molecular formula is C22H23N5S. The lowest BCUT2D eigenvalue weighted by Gasteiger charge is -2.35. The predicted molar refractivity (Wildman–Crippen MR) is 113 cm³/mol. The summed E-state index contributed by atoms with van der Waals surface area (Å²) in [6.45, 7) is 4.97. The van der Waals surface area contributed by atoms with Crippen molar-refractivity contribution in [2.24, 2.45) is 0 Å². The van der Waals surface area contributed by atoms with Crippen LogP contribution in [0.4, 0.5) is 5.82 Å². The molecule has 0 bridgehead atoms. The van der Waals surface area contributed by atoms with E-state index < -0.39 is 0 Å². The quantitative estimate of drug-likeness (QED) is 0.683. The van der Waals surface area contributed by atoms with Crippen molar-refractivity contribution in [3.8, 4) is 6.07 Å². The summed E-state index contributed by atoms with van der Waals surface area (Å²) in [4.78, 5) is 16.9. The molecule has 3 heterocycles. The zero-order valence-electron chi connectivity index (χ0n) is 15.9. The summed E-state index contributed by atoms with van der Waals surface area (Å²) >= 11 is 1.87. The van der Waals surface area contributed by atoms with E-state index in [9.17, 15) is 0 Å². The molecule has 1 fully saturated rings. The first-order valence-corrected chi connectivity index (χ1v) is 10.8. The number of thiophene rings is 1. The Morgan fingerprint density at radius 2 is 1.79 bits per heavy atom. The molecule has 6 heteroatoms. The topological polar surface area (TPSA) is 56.1 Å². The van der Waals surface area contributed by atoms with Gasteiger partial charge in [0.15, 0.2) is 0 Å². The zero-order chi connectivity index (χ0) is 18.9. The normalized spacial score (nSPS) is 17.5. The smallest absolute Gasteiger partial charge is 0.141 e. The molecule has 5 nitrogen and oxygen atoms in total. The van der Waals surface area contributed by atoms with Gasteiger partial charge in [0.25, 0.3) is 0 Å². The lowest BCUT2D eigenvalue weighted by atomic mass is 9.97. The molecule has 28 heavy (non-hydrogen) atoms. The Labute approximate surface area is 169 Å². The van der Waals surface area contributed by atoms with Gasteiger partial charge < -0.3 is 4.90 Å².